The van der Waals surface area contributed by atoms with Gasteiger partial charge in [-0.05, 0) is 32.8 Å². The Hall–Kier alpha value is -2.75. The highest BCUT2D eigenvalue weighted by molar-refractivity contribution is 7.19. The number of urea groups is 1. The highest BCUT2D eigenvalue weighted by atomic mass is 32.1. The van der Waals surface area contributed by atoms with Gasteiger partial charge in [0.25, 0.3) is 0 Å². The second-order valence-electron chi connectivity index (χ2n) is 6.37. The quantitative estimate of drug-likeness (QED) is 0.769. The number of carbonyl (C=O) groups is 2. The normalized spacial score (nSPS) is 15.5. The third-order valence-corrected chi connectivity index (χ3v) is 5.64. The Labute approximate surface area is 175 Å². The lowest BCUT2D eigenvalue weighted by Crippen LogP contribution is -2.45. The molecular weight excluding hydrogens is 390 g/mol. The molecule has 9 nitrogen and oxygen atoms in total. The number of hydrogen-bond donors (Lipinski definition) is 2. The van der Waals surface area contributed by atoms with Crippen LogP contribution in [0, 0.1) is 6.92 Å². The van der Waals surface area contributed by atoms with Crippen LogP contribution in [0.25, 0.3) is 10.6 Å². The minimum absolute atomic E-state index is 0.356. The smallest absolute Gasteiger partial charge is 0.324 e. The van der Waals surface area contributed by atoms with E-state index in [4.69, 9.17) is 5.73 Å². The van der Waals surface area contributed by atoms with Crippen LogP contribution in [-0.4, -0.2) is 58.0 Å². The molecule has 0 unspecified atom stereocenters. The van der Waals surface area contributed by atoms with Gasteiger partial charge >= 0.3 is 6.03 Å². The maximum absolute atomic E-state index is 12.5. The Morgan fingerprint density at radius 1 is 1.38 bits per heavy atom. The van der Waals surface area contributed by atoms with E-state index in [0.29, 0.717) is 24.0 Å². The molecule has 0 spiro atoms. The molecule has 0 aromatic carbocycles. The summed E-state index contributed by atoms with van der Waals surface area (Å²) in [5.41, 5.74) is 6.91. The summed E-state index contributed by atoms with van der Waals surface area (Å²) in [5, 5.41) is 3.25. The maximum atomic E-state index is 12.5. The molecule has 3 heterocycles. The minimum atomic E-state index is -0.556. The number of hydrogen-bond acceptors (Lipinski definition) is 7. The van der Waals surface area contributed by atoms with Gasteiger partial charge in [0, 0.05) is 26.3 Å². The Balaban J connectivity index is 0.00000145. The van der Waals surface area contributed by atoms with E-state index in [1.807, 2.05) is 45.7 Å². The van der Waals surface area contributed by atoms with Gasteiger partial charge in [0.05, 0.1) is 16.3 Å². The summed E-state index contributed by atoms with van der Waals surface area (Å²) in [5.74, 6) is 0.155. The van der Waals surface area contributed by atoms with Gasteiger partial charge in [-0.25, -0.2) is 19.7 Å². The molecule has 1 aliphatic rings. The van der Waals surface area contributed by atoms with E-state index < -0.39 is 11.9 Å². The maximum Gasteiger partial charge on any atom is 0.324 e. The number of nitrogens with zero attached hydrogens (tertiary/aromatic N) is 5. The summed E-state index contributed by atoms with van der Waals surface area (Å²) in [7, 11) is 1.93. The van der Waals surface area contributed by atoms with Gasteiger partial charge in [0.2, 0.25) is 11.9 Å². The molecule has 0 aliphatic carbocycles. The van der Waals surface area contributed by atoms with Crippen LogP contribution in [0.4, 0.5) is 15.9 Å². The molecule has 29 heavy (non-hydrogen) atoms. The second kappa shape index (κ2) is 10.1. The average molecular weight is 420 g/mol. The van der Waals surface area contributed by atoms with E-state index >= 15 is 0 Å². The van der Waals surface area contributed by atoms with Crippen molar-refractivity contribution in [1.29, 1.82) is 0 Å². The van der Waals surface area contributed by atoms with Crippen molar-refractivity contribution in [3.63, 3.8) is 0 Å². The van der Waals surface area contributed by atoms with Crippen molar-refractivity contribution in [3.05, 3.63) is 18.0 Å². The molecule has 0 radical (unpaired) electrons. The molecule has 0 bridgehead atoms. The molecule has 3 N–H and O–H groups in total. The molecule has 10 heteroatoms. The van der Waals surface area contributed by atoms with Crippen LogP contribution in [0.5, 0.6) is 0 Å². The van der Waals surface area contributed by atoms with E-state index in [9.17, 15) is 9.59 Å². The molecule has 2 aromatic rings. The number of primary amides is 1. The van der Waals surface area contributed by atoms with Gasteiger partial charge < -0.3 is 15.5 Å². The number of nitrogens with two attached hydrogens (primary N) is 1. The van der Waals surface area contributed by atoms with E-state index in [2.05, 4.69) is 20.3 Å². The van der Waals surface area contributed by atoms with Crippen molar-refractivity contribution in [2.45, 2.75) is 46.6 Å². The second-order valence-corrected chi connectivity index (χ2v) is 7.37. The van der Waals surface area contributed by atoms with Crippen molar-refractivity contribution in [2.24, 2.45) is 5.73 Å². The van der Waals surface area contributed by atoms with Crippen molar-refractivity contribution < 1.29 is 9.59 Å². The topological polar surface area (TPSA) is 117 Å². The van der Waals surface area contributed by atoms with Crippen LogP contribution in [0.2, 0.25) is 0 Å². The SMILES string of the molecule is CC.CCN(C)c1nccc(-c2sc(NC(=O)N3CCC[C@H]3C(N)=O)nc2C)n1. The van der Waals surface area contributed by atoms with Crippen LogP contribution in [-0.2, 0) is 4.79 Å². The highest BCUT2D eigenvalue weighted by Gasteiger charge is 2.33. The number of carbonyl (C=O) groups excluding carboxylic acids is 2. The molecule has 3 amide bonds. The van der Waals surface area contributed by atoms with Crippen LogP contribution < -0.4 is 16.0 Å². The van der Waals surface area contributed by atoms with Crippen molar-refractivity contribution in [2.75, 3.05) is 30.4 Å². The van der Waals surface area contributed by atoms with Crippen LogP contribution in [0.3, 0.4) is 0 Å². The van der Waals surface area contributed by atoms with Crippen molar-refractivity contribution in [1.82, 2.24) is 19.9 Å². The Kier molecular flexibility index (Phi) is 7.89. The minimum Gasteiger partial charge on any atom is -0.368 e. The summed E-state index contributed by atoms with van der Waals surface area (Å²) >= 11 is 1.34. The highest BCUT2D eigenvalue weighted by Crippen LogP contribution is 2.32. The monoisotopic (exact) mass is 419 g/mol. The first-order chi connectivity index (χ1) is 13.9. The fourth-order valence-corrected chi connectivity index (χ4v) is 3.88. The average Bonchev–Trinajstić information content (AvgIpc) is 3.36. The standard InChI is InChI=1S/C17H23N7O2S.C2H6/c1-4-23(3)15-19-8-7-11(21-15)13-10(2)20-16(27-13)22-17(26)24-9-5-6-12(24)14(18)25;1-2/h7-8,12H,4-6,9H2,1-3H3,(H2,18,25)(H,20,22,26);1-2H3/t12-;/m0./s1. The van der Waals surface area contributed by atoms with Crippen LogP contribution >= 0.6 is 11.3 Å². The molecule has 1 fully saturated rings. The van der Waals surface area contributed by atoms with Crippen molar-refractivity contribution >= 4 is 34.4 Å². The van der Waals surface area contributed by atoms with E-state index in [1.54, 1.807) is 6.20 Å². The van der Waals surface area contributed by atoms with Crippen LogP contribution in [0.1, 0.15) is 39.3 Å². The largest absolute Gasteiger partial charge is 0.368 e. The van der Waals surface area contributed by atoms with Gasteiger partial charge in [-0.15, -0.1) is 0 Å². The Bertz CT molecular complexity index is 855. The van der Waals surface area contributed by atoms with Gasteiger partial charge in [0.1, 0.15) is 6.04 Å². The fraction of sp³-hybridized carbons (Fsp3) is 0.526. The van der Waals surface area contributed by atoms with Gasteiger partial charge in [-0.2, -0.15) is 0 Å². The number of thiazole rings is 1. The number of aryl methyl sites for hydroxylation is 1. The van der Waals surface area contributed by atoms with Crippen molar-refractivity contribution in [3.8, 4) is 10.6 Å². The van der Waals surface area contributed by atoms with Gasteiger partial charge in [0.15, 0.2) is 5.13 Å². The fourth-order valence-electron chi connectivity index (χ4n) is 2.96. The van der Waals surface area contributed by atoms with Gasteiger partial charge in [-0.3, -0.25) is 10.1 Å². The number of nitrogens with one attached hydrogen (secondary N) is 1. The number of rotatable bonds is 5. The summed E-state index contributed by atoms with van der Waals surface area (Å²) in [4.78, 5) is 41.6. The summed E-state index contributed by atoms with van der Waals surface area (Å²) in [6, 6.07) is 0.910. The summed E-state index contributed by atoms with van der Waals surface area (Å²) < 4.78 is 0. The third kappa shape index (κ3) is 5.20. The zero-order chi connectivity index (χ0) is 21.6. The lowest BCUT2D eigenvalue weighted by Gasteiger charge is -2.21. The number of anilines is 2. The molecule has 1 atom stereocenters. The predicted octanol–water partition coefficient (Wildman–Crippen LogP) is 2.87. The first-order valence-corrected chi connectivity index (χ1v) is 10.6. The Morgan fingerprint density at radius 3 is 2.76 bits per heavy atom. The molecule has 0 saturated carbocycles. The molecule has 3 rings (SSSR count). The van der Waals surface area contributed by atoms with Crippen LogP contribution in [0.15, 0.2) is 12.3 Å². The number of amides is 3. The zero-order valence-electron chi connectivity index (χ0n) is 17.6. The summed E-state index contributed by atoms with van der Waals surface area (Å²) in [6.45, 7) is 9.20. The zero-order valence-corrected chi connectivity index (χ0v) is 18.4. The predicted molar refractivity (Wildman–Crippen MR) is 116 cm³/mol. The van der Waals surface area contributed by atoms with Gasteiger partial charge in [-0.1, -0.05) is 25.2 Å². The molecule has 1 aliphatic heterocycles. The first kappa shape index (κ1) is 22.5. The Morgan fingerprint density at radius 2 is 2.10 bits per heavy atom. The number of aromatic nitrogens is 3. The molecule has 1 saturated heterocycles. The third-order valence-electron chi connectivity index (χ3n) is 4.54. The molecule has 158 valence electrons. The lowest BCUT2D eigenvalue weighted by molar-refractivity contribution is -0.121. The summed E-state index contributed by atoms with van der Waals surface area (Å²) in [6.07, 6.45) is 3.07. The number of likely N-dealkylation sites (tertiary alicyclic amines) is 1. The first-order valence-electron chi connectivity index (χ1n) is 9.79. The van der Waals surface area contributed by atoms with E-state index in [0.717, 1.165) is 29.2 Å². The lowest BCUT2D eigenvalue weighted by atomic mass is 10.2. The molecular formula is C19H29N7O2S. The van der Waals surface area contributed by atoms with E-state index in [1.165, 1.54) is 16.2 Å². The molecule has 2 aromatic heterocycles. The van der Waals surface area contributed by atoms with E-state index in [-0.39, 0.29) is 6.03 Å².